The first-order valence-electron chi connectivity index (χ1n) is 7.39. The zero-order valence-corrected chi connectivity index (χ0v) is 14.7. The lowest BCUT2D eigenvalue weighted by molar-refractivity contribution is 0.170. The van der Waals surface area contributed by atoms with Gasteiger partial charge in [-0.15, -0.1) is 12.3 Å². The van der Waals surface area contributed by atoms with Crippen molar-refractivity contribution in [3.05, 3.63) is 29.8 Å². The number of terminal acetylenes is 1. The molecule has 21 heavy (non-hydrogen) atoms. The highest BCUT2D eigenvalue weighted by atomic mass is 28.4. The number of unbranched alkanes of at least 4 members (excludes halogenated alkanes) is 1. The van der Waals surface area contributed by atoms with Gasteiger partial charge in [-0.1, -0.05) is 20.8 Å². The molecule has 116 valence electrons. The highest BCUT2D eigenvalue weighted by molar-refractivity contribution is 6.74. The molecule has 0 radical (unpaired) electrons. The molecule has 0 spiro atoms. The van der Waals surface area contributed by atoms with E-state index in [1.54, 1.807) is 6.20 Å². The van der Waals surface area contributed by atoms with E-state index in [1.165, 1.54) is 12.3 Å². The Labute approximate surface area is 129 Å². The number of hydrogen-bond donors (Lipinski definition) is 0. The summed E-state index contributed by atoms with van der Waals surface area (Å²) < 4.78 is 19.9. The van der Waals surface area contributed by atoms with Gasteiger partial charge in [0.15, 0.2) is 8.32 Å². The van der Waals surface area contributed by atoms with Gasteiger partial charge in [0.1, 0.15) is 5.82 Å². The Balaban J connectivity index is 2.95. The highest BCUT2D eigenvalue weighted by Gasteiger charge is 2.39. The molecule has 0 fully saturated rings. The number of nitrogens with zero attached hydrogens (tertiary/aromatic N) is 1. The van der Waals surface area contributed by atoms with Gasteiger partial charge in [-0.2, -0.15) is 0 Å². The Bertz CT molecular complexity index is 502. The van der Waals surface area contributed by atoms with Crippen molar-refractivity contribution in [2.75, 3.05) is 0 Å². The lowest BCUT2D eigenvalue weighted by Gasteiger charge is -2.39. The van der Waals surface area contributed by atoms with Gasteiger partial charge in [-0.25, -0.2) is 4.39 Å². The van der Waals surface area contributed by atoms with Gasteiger partial charge in [-0.3, -0.25) is 4.98 Å². The standard InChI is InChI=1S/C17H26FNOSi/c1-7-8-9-10-16(14-11-15(18)13-19-12-14)20-21(5,6)17(2,3)4/h1,11-13,16H,8-10H2,2-6H3. The van der Waals surface area contributed by atoms with Crippen LogP contribution in [-0.4, -0.2) is 13.3 Å². The maximum Gasteiger partial charge on any atom is 0.192 e. The summed E-state index contributed by atoms with van der Waals surface area (Å²) in [5.74, 6) is 2.32. The minimum absolute atomic E-state index is 0.109. The van der Waals surface area contributed by atoms with Gasteiger partial charge in [0.2, 0.25) is 0 Å². The third-order valence-electron chi connectivity index (χ3n) is 4.13. The van der Waals surface area contributed by atoms with Gasteiger partial charge in [0, 0.05) is 18.2 Å². The van der Waals surface area contributed by atoms with Gasteiger partial charge in [0.05, 0.1) is 12.3 Å². The molecular weight excluding hydrogens is 281 g/mol. The summed E-state index contributed by atoms with van der Waals surface area (Å²) in [7, 11) is -1.93. The molecule has 0 aliphatic rings. The molecule has 2 nitrogen and oxygen atoms in total. The fourth-order valence-electron chi connectivity index (χ4n) is 1.82. The van der Waals surface area contributed by atoms with Crippen LogP contribution < -0.4 is 0 Å². The molecule has 0 aromatic carbocycles. The van der Waals surface area contributed by atoms with E-state index in [9.17, 15) is 4.39 Å². The van der Waals surface area contributed by atoms with Crippen LogP contribution in [-0.2, 0) is 4.43 Å². The van der Waals surface area contributed by atoms with E-state index < -0.39 is 8.32 Å². The van der Waals surface area contributed by atoms with Crippen LogP contribution in [0.25, 0.3) is 0 Å². The number of hydrogen-bond acceptors (Lipinski definition) is 2. The first kappa shape index (κ1) is 17.9. The van der Waals surface area contributed by atoms with Crippen molar-refractivity contribution in [2.24, 2.45) is 0 Å². The lowest BCUT2D eigenvalue weighted by atomic mass is 10.1. The molecule has 1 aromatic rings. The van der Waals surface area contributed by atoms with E-state index in [4.69, 9.17) is 10.8 Å². The molecule has 1 unspecified atom stereocenters. The number of aromatic nitrogens is 1. The van der Waals surface area contributed by atoms with Crippen LogP contribution in [0.15, 0.2) is 18.5 Å². The van der Waals surface area contributed by atoms with Crippen molar-refractivity contribution < 1.29 is 8.82 Å². The zero-order chi connectivity index (χ0) is 16.1. The fraction of sp³-hybridized carbons (Fsp3) is 0.588. The smallest absolute Gasteiger partial charge is 0.192 e. The van der Waals surface area contributed by atoms with Crippen LogP contribution in [0.3, 0.4) is 0 Å². The second-order valence-corrected chi connectivity index (χ2v) is 11.7. The second kappa shape index (κ2) is 7.19. The number of pyridine rings is 1. The molecule has 0 saturated heterocycles. The van der Waals surface area contributed by atoms with Gasteiger partial charge in [-0.05, 0) is 37.0 Å². The Hall–Kier alpha value is -1.18. The first-order chi connectivity index (χ1) is 9.67. The van der Waals surface area contributed by atoms with Gasteiger partial charge < -0.3 is 4.43 Å². The molecule has 0 amide bonds. The van der Waals surface area contributed by atoms with Crippen molar-refractivity contribution in [1.29, 1.82) is 0 Å². The predicted molar refractivity (Wildman–Crippen MR) is 87.9 cm³/mol. The SMILES string of the molecule is C#CCCCC(O[Si](C)(C)C(C)(C)C)c1cncc(F)c1. The Morgan fingerprint density at radius 2 is 2.05 bits per heavy atom. The van der Waals surface area contributed by atoms with E-state index in [2.05, 4.69) is 44.8 Å². The lowest BCUT2D eigenvalue weighted by Crippen LogP contribution is -2.41. The molecule has 1 rings (SSSR count). The highest BCUT2D eigenvalue weighted by Crippen LogP contribution is 2.40. The average Bonchev–Trinajstić information content (AvgIpc) is 2.36. The normalized spacial score (nSPS) is 13.8. The van der Waals surface area contributed by atoms with E-state index in [0.717, 1.165) is 18.4 Å². The summed E-state index contributed by atoms with van der Waals surface area (Å²) in [6, 6.07) is 1.51. The summed E-state index contributed by atoms with van der Waals surface area (Å²) in [5, 5.41) is 0.109. The average molecular weight is 307 g/mol. The fourth-order valence-corrected chi connectivity index (χ4v) is 3.14. The van der Waals surface area contributed by atoms with Crippen molar-refractivity contribution in [3.63, 3.8) is 0 Å². The van der Waals surface area contributed by atoms with Crippen molar-refractivity contribution in [2.45, 2.75) is 64.3 Å². The molecular formula is C17H26FNOSi. The minimum Gasteiger partial charge on any atom is -0.410 e. The summed E-state index contributed by atoms with van der Waals surface area (Å²) in [5.41, 5.74) is 0.803. The zero-order valence-electron chi connectivity index (χ0n) is 13.7. The molecule has 0 saturated carbocycles. The monoisotopic (exact) mass is 307 g/mol. The van der Waals surface area contributed by atoms with Crippen LogP contribution in [0.1, 0.15) is 51.7 Å². The van der Waals surface area contributed by atoms with E-state index in [0.29, 0.717) is 6.42 Å². The molecule has 1 aromatic heterocycles. The molecule has 0 bridgehead atoms. The third-order valence-corrected chi connectivity index (χ3v) is 8.61. The molecule has 0 aliphatic heterocycles. The van der Waals surface area contributed by atoms with Crippen LogP contribution in [0.5, 0.6) is 0 Å². The Morgan fingerprint density at radius 1 is 1.38 bits per heavy atom. The molecule has 1 atom stereocenters. The molecule has 0 N–H and O–H groups in total. The van der Waals surface area contributed by atoms with E-state index in [1.807, 2.05) is 0 Å². The second-order valence-electron chi connectivity index (χ2n) is 6.90. The van der Waals surface area contributed by atoms with Crippen LogP contribution in [0, 0.1) is 18.2 Å². The van der Waals surface area contributed by atoms with Crippen LogP contribution in [0.2, 0.25) is 18.1 Å². The topological polar surface area (TPSA) is 22.1 Å². The molecule has 1 heterocycles. The Morgan fingerprint density at radius 3 is 2.57 bits per heavy atom. The quantitative estimate of drug-likeness (QED) is 0.415. The van der Waals surface area contributed by atoms with Crippen LogP contribution in [0.4, 0.5) is 4.39 Å². The van der Waals surface area contributed by atoms with Crippen molar-refractivity contribution in [3.8, 4) is 12.3 Å². The third kappa shape index (κ3) is 5.26. The predicted octanol–water partition coefficient (Wildman–Crippen LogP) is 5.09. The summed E-state index contributed by atoms with van der Waals surface area (Å²) in [4.78, 5) is 3.95. The minimum atomic E-state index is -1.93. The summed E-state index contributed by atoms with van der Waals surface area (Å²) >= 11 is 0. The van der Waals surface area contributed by atoms with Crippen LogP contribution >= 0.6 is 0 Å². The number of rotatable bonds is 6. The van der Waals surface area contributed by atoms with Crippen molar-refractivity contribution >= 4 is 8.32 Å². The summed E-state index contributed by atoms with van der Waals surface area (Å²) in [6.07, 6.45) is 10.5. The molecule has 4 heteroatoms. The van der Waals surface area contributed by atoms with Gasteiger partial charge in [0.25, 0.3) is 0 Å². The summed E-state index contributed by atoms with van der Waals surface area (Å²) in [6.45, 7) is 11.0. The van der Waals surface area contributed by atoms with Gasteiger partial charge >= 0.3 is 0 Å². The maximum atomic E-state index is 13.4. The largest absolute Gasteiger partial charge is 0.410 e. The number of halogens is 1. The maximum absolute atomic E-state index is 13.4. The van der Waals surface area contributed by atoms with E-state index >= 15 is 0 Å². The van der Waals surface area contributed by atoms with E-state index in [-0.39, 0.29) is 17.0 Å². The van der Waals surface area contributed by atoms with Crippen molar-refractivity contribution in [1.82, 2.24) is 4.98 Å². The molecule has 0 aliphatic carbocycles. The Kier molecular flexibility index (Phi) is 6.12. The first-order valence-corrected chi connectivity index (χ1v) is 10.3.